The molecule has 0 aliphatic heterocycles. The van der Waals surface area contributed by atoms with Gasteiger partial charge in [0.05, 0.1) is 15.3 Å². The van der Waals surface area contributed by atoms with Crippen molar-refractivity contribution < 1.29 is 13.2 Å². The number of aryl methyl sites for hydroxylation is 1. The highest BCUT2D eigenvalue weighted by atomic mass is 79.9. The molecule has 0 spiro atoms. The van der Waals surface area contributed by atoms with Crippen LogP contribution in [0.2, 0.25) is 0 Å². The first kappa shape index (κ1) is 15.1. The first-order chi connectivity index (χ1) is 7.80. The lowest BCUT2D eigenvalue weighted by Crippen LogP contribution is -2.37. The molecule has 1 aromatic rings. The third-order valence-corrected chi connectivity index (χ3v) is 6.31. The second kappa shape index (κ2) is 5.79. The van der Waals surface area contributed by atoms with Crippen LogP contribution in [0.25, 0.3) is 0 Å². The first-order valence-corrected chi connectivity index (χ1v) is 8.08. The van der Waals surface area contributed by atoms with Crippen molar-refractivity contribution >= 4 is 37.3 Å². The van der Waals surface area contributed by atoms with Crippen molar-refractivity contribution in [3.8, 4) is 0 Å². The molecule has 1 aromatic heterocycles. The molecule has 98 valence electrons. The summed E-state index contributed by atoms with van der Waals surface area (Å²) in [6.07, 6.45) is 0. The summed E-state index contributed by atoms with van der Waals surface area (Å²) >= 11 is 4.72. The molecule has 1 atom stereocenters. The van der Waals surface area contributed by atoms with Gasteiger partial charge >= 0.3 is 0 Å². The van der Waals surface area contributed by atoms with E-state index in [0.717, 1.165) is 8.66 Å². The van der Waals surface area contributed by atoms with E-state index < -0.39 is 10.0 Å². The van der Waals surface area contributed by atoms with Crippen molar-refractivity contribution in [1.29, 1.82) is 0 Å². The lowest BCUT2D eigenvalue weighted by Gasteiger charge is -2.23. The Kier molecular flexibility index (Phi) is 5.15. The summed E-state index contributed by atoms with van der Waals surface area (Å²) in [7, 11) is -0.304. The maximum atomic E-state index is 12.3. The molecular formula is C10H16BrNO3S2. The van der Waals surface area contributed by atoms with Gasteiger partial charge in [0.15, 0.2) is 0 Å². The third-order valence-electron chi connectivity index (χ3n) is 2.53. The molecule has 0 aliphatic carbocycles. The normalized spacial score (nSPS) is 14.2. The topological polar surface area (TPSA) is 46.6 Å². The van der Waals surface area contributed by atoms with Crippen molar-refractivity contribution in [3.63, 3.8) is 0 Å². The number of hydrogen-bond donors (Lipinski definition) is 0. The molecule has 0 bridgehead atoms. The standard InChI is InChI=1S/C10H16BrNO3S2/c1-7(6-15-4)12(3)17(13,14)9-5-10(11)16-8(9)2/h5,7H,6H2,1-4H3. The Morgan fingerprint density at radius 3 is 2.59 bits per heavy atom. The van der Waals surface area contributed by atoms with Gasteiger partial charge in [-0.05, 0) is 35.8 Å². The van der Waals surface area contributed by atoms with Gasteiger partial charge in [-0.25, -0.2) is 8.42 Å². The number of hydrogen-bond acceptors (Lipinski definition) is 4. The van der Waals surface area contributed by atoms with Crippen LogP contribution in [0.3, 0.4) is 0 Å². The van der Waals surface area contributed by atoms with Crippen molar-refractivity contribution in [2.45, 2.75) is 24.8 Å². The quantitative estimate of drug-likeness (QED) is 0.826. The summed E-state index contributed by atoms with van der Waals surface area (Å²) in [6.45, 7) is 4.00. The number of ether oxygens (including phenoxy) is 1. The lowest BCUT2D eigenvalue weighted by atomic mass is 10.4. The summed E-state index contributed by atoms with van der Waals surface area (Å²) in [4.78, 5) is 1.15. The fourth-order valence-corrected chi connectivity index (χ4v) is 5.15. The third kappa shape index (κ3) is 3.29. The van der Waals surface area contributed by atoms with Crippen molar-refractivity contribution in [2.75, 3.05) is 20.8 Å². The summed E-state index contributed by atoms with van der Waals surface area (Å²) in [5.41, 5.74) is 0. The highest BCUT2D eigenvalue weighted by Crippen LogP contribution is 2.31. The molecule has 4 nitrogen and oxygen atoms in total. The predicted octanol–water partition coefficient (Wildman–Crippen LogP) is 2.47. The largest absolute Gasteiger partial charge is 0.383 e. The molecule has 0 amide bonds. The molecule has 1 rings (SSSR count). The maximum Gasteiger partial charge on any atom is 0.244 e. The lowest BCUT2D eigenvalue weighted by molar-refractivity contribution is 0.149. The van der Waals surface area contributed by atoms with Crippen molar-refractivity contribution in [3.05, 3.63) is 14.7 Å². The molecule has 7 heteroatoms. The predicted molar refractivity (Wildman–Crippen MR) is 73.0 cm³/mol. The zero-order chi connectivity index (χ0) is 13.2. The Morgan fingerprint density at radius 1 is 1.59 bits per heavy atom. The van der Waals surface area contributed by atoms with Gasteiger partial charge in [0.1, 0.15) is 0 Å². The number of rotatable bonds is 5. The van der Waals surface area contributed by atoms with Crippen LogP contribution in [0.4, 0.5) is 0 Å². The smallest absolute Gasteiger partial charge is 0.244 e. The van der Waals surface area contributed by atoms with Gasteiger partial charge in [-0.1, -0.05) is 0 Å². The van der Waals surface area contributed by atoms with Gasteiger partial charge in [-0.15, -0.1) is 11.3 Å². The van der Waals surface area contributed by atoms with Crippen LogP contribution in [0.1, 0.15) is 11.8 Å². The van der Waals surface area contributed by atoms with Gasteiger partial charge < -0.3 is 4.74 Å². The molecule has 0 saturated heterocycles. The molecule has 0 saturated carbocycles. The second-order valence-electron chi connectivity index (χ2n) is 3.80. The van der Waals surface area contributed by atoms with Gasteiger partial charge in [-0.3, -0.25) is 0 Å². The van der Waals surface area contributed by atoms with Gasteiger partial charge in [0.2, 0.25) is 10.0 Å². The van der Waals surface area contributed by atoms with E-state index in [0.29, 0.717) is 11.5 Å². The van der Waals surface area contributed by atoms with Crippen molar-refractivity contribution in [1.82, 2.24) is 4.31 Å². The zero-order valence-electron chi connectivity index (χ0n) is 10.2. The molecule has 0 N–H and O–H groups in total. The van der Waals surface area contributed by atoms with Crippen LogP contribution in [0.5, 0.6) is 0 Å². The molecule has 0 aliphatic rings. The minimum atomic E-state index is -3.44. The number of thiophene rings is 1. The first-order valence-electron chi connectivity index (χ1n) is 5.03. The average molecular weight is 342 g/mol. The zero-order valence-corrected chi connectivity index (χ0v) is 13.4. The molecule has 0 radical (unpaired) electrons. The van der Waals surface area contributed by atoms with Crippen LogP contribution >= 0.6 is 27.3 Å². The van der Waals surface area contributed by atoms with E-state index >= 15 is 0 Å². The maximum absolute atomic E-state index is 12.3. The van der Waals surface area contributed by atoms with Crippen LogP contribution in [-0.4, -0.2) is 39.5 Å². The minimum Gasteiger partial charge on any atom is -0.383 e. The van der Waals surface area contributed by atoms with Crippen LogP contribution < -0.4 is 0 Å². The fraction of sp³-hybridized carbons (Fsp3) is 0.600. The fourth-order valence-electron chi connectivity index (χ4n) is 1.43. The van der Waals surface area contributed by atoms with E-state index in [1.165, 1.54) is 15.6 Å². The number of sulfonamides is 1. The van der Waals surface area contributed by atoms with Gasteiger partial charge in [0.25, 0.3) is 0 Å². The number of likely N-dealkylation sites (N-methyl/N-ethyl adjacent to an activating group) is 1. The summed E-state index contributed by atoms with van der Waals surface area (Å²) in [6, 6.07) is 1.45. The number of nitrogens with zero attached hydrogens (tertiary/aromatic N) is 1. The van der Waals surface area contributed by atoms with Crippen LogP contribution in [-0.2, 0) is 14.8 Å². The Balaban J connectivity index is 3.07. The van der Waals surface area contributed by atoms with E-state index in [1.807, 2.05) is 6.92 Å². The minimum absolute atomic E-state index is 0.192. The molecular weight excluding hydrogens is 326 g/mol. The second-order valence-corrected chi connectivity index (χ2v) is 8.40. The van der Waals surface area contributed by atoms with E-state index in [4.69, 9.17) is 4.74 Å². The molecule has 1 unspecified atom stereocenters. The van der Waals surface area contributed by atoms with Gasteiger partial charge in [0, 0.05) is 25.1 Å². The number of halogens is 1. The molecule has 0 fully saturated rings. The Labute approximate surface area is 115 Å². The number of methoxy groups -OCH3 is 1. The average Bonchev–Trinajstić information content (AvgIpc) is 2.57. The van der Waals surface area contributed by atoms with Crippen LogP contribution in [0, 0.1) is 6.92 Å². The van der Waals surface area contributed by atoms with E-state index in [2.05, 4.69) is 15.9 Å². The monoisotopic (exact) mass is 341 g/mol. The summed E-state index contributed by atoms with van der Waals surface area (Å²) in [5.74, 6) is 0. The van der Waals surface area contributed by atoms with E-state index in [-0.39, 0.29) is 6.04 Å². The molecule has 0 aromatic carbocycles. The highest BCUT2D eigenvalue weighted by molar-refractivity contribution is 9.11. The summed E-state index contributed by atoms with van der Waals surface area (Å²) < 4.78 is 31.8. The molecule has 1 heterocycles. The Morgan fingerprint density at radius 2 is 2.18 bits per heavy atom. The van der Waals surface area contributed by atoms with Gasteiger partial charge in [-0.2, -0.15) is 4.31 Å². The summed E-state index contributed by atoms with van der Waals surface area (Å²) in [5, 5.41) is 0. The van der Waals surface area contributed by atoms with Crippen molar-refractivity contribution in [2.24, 2.45) is 0 Å². The SMILES string of the molecule is COCC(C)N(C)S(=O)(=O)c1cc(Br)sc1C. The Hall–Kier alpha value is 0.0500. The molecule has 17 heavy (non-hydrogen) atoms. The van der Waals surface area contributed by atoms with Crippen LogP contribution in [0.15, 0.2) is 14.7 Å². The highest BCUT2D eigenvalue weighted by Gasteiger charge is 2.28. The van der Waals surface area contributed by atoms with E-state index in [9.17, 15) is 8.42 Å². The van der Waals surface area contributed by atoms with E-state index in [1.54, 1.807) is 27.1 Å². The Bertz CT molecular complexity index is 484.